The molecule has 0 bridgehead atoms. The summed E-state index contributed by atoms with van der Waals surface area (Å²) in [5.41, 5.74) is 0.00946. The summed E-state index contributed by atoms with van der Waals surface area (Å²) in [6, 6.07) is 7.21. The van der Waals surface area contributed by atoms with Gasteiger partial charge in [-0.2, -0.15) is 0 Å². The molecule has 9 nitrogen and oxygen atoms in total. The topological polar surface area (TPSA) is 109 Å². The van der Waals surface area contributed by atoms with Gasteiger partial charge < -0.3 is 14.8 Å². The molecule has 0 fully saturated rings. The third-order valence-corrected chi connectivity index (χ3v) is 5.93. The number of methoxy groups -OCH3 is 1. The Hall–Kier alpha value is -3.40. The van der Waals surface area contributed by atoms with E-state index in [0.29, 0.717) is 21.1 Å². The highest BCUT2D eigenvalue weighted by atomic mass is 32.1. The highest BCUT2D eigenvalue weighted by Crippen LogP contribution is 2.33. The van der Waals surface area contributed by atoms with Crippen molar-refractivity contribution in [3.63, 3.8) is 0 Å². The van der Waals surface area contributed by atoms with E-state index in [-0.39, 0.29) is 24.4 Å². The molecule has 3 rings (SSSR count). The monoisotopic (exact) mass is 445 g/mol. The van der Waals surface area contributed by atoms with E-state index in [1.807, 2.05) is 18.2 Å². The molecule has 164 valence electrons. The van der Waals surface area contributed by atoms with Crippen LogP contribution in [-0.2, 0) is 27.4 Å². The zero-order chi connectivity index (χ0) is 22.7. The van der Waals surface area contributed by atoms with Gasteiger partial charge in [0.1, 0.15) is 22.1 Å². The minimum atomic E-state index is -0.681. The van der Waals surface area contributed by atoms with Crippen molar-refractivity contribution in [1.29, 1.82) is 0 Å². The number of para-hydroxylation sites is 1. The number of carbonyl (C=O) groups excluding carboxylic acids is 2. The first-order chi connectivity index (χ1) is 14.8. The lowest BCUT2D eigenvalue weighted by Gasteiger charge is -2.14. The maximum Gasteiger partial charge on any atom is 0.332 e. The van der Waals surface area contributed by atoms with Crippen LogP contribution in [0.2, 0.25) is 0 Å². The van der Waals surface area contributed by atoms with E-state index in [2.05, 4.69) is 5.32 Å². The van der Waals surface area contributed by atoms with Gasteiger partial charge in [0.25, 0.3) is 5.56 Å². The summed E-state index contributed by atoms with van der Waals surface area (Å²) in [5.74, 6) is -0.388. The van der Waals surface area contributed by atoms with E-state index < -0.39 is 23.8 Å². The van der Waals surface area contributed by atoms with Crippen molar-refractivity contribution in [3.05, 3.63) is 56.2 Å². The summed E-state index contributed by atoms with van der Waals surface area (Å²) in [6.45, 7) is 4.45. The lowest BCUT2D eigenvalue weighted by molar-refractivity contribution is -0.144. The molecule has 0 aliphatic rings. The van der Waals surface area contributed by atoms with Gasteiger partial charge in [0.05, 0.1) is 25.6 Å². The second-order valence-corrected chi connectivity index (χ2v) is 7.79. The fourth-order valence-corrected chi connectivity index (χ4v) is 4.53. The smallest absolute Gasteiger partial charge is 0.332 e. The Labute approximate surface area is 181 Å². The number of aromatic nitrogens is 2. The number of aryl methyl sites for hydroxylation is 1. The first-order valence-corrected chi connectivity index (χ1v) is 10.4. The van der Waals surface area contributed by atoms with Crippen molar-refractivity contribution >= 4 is 38.4 Å². The molecule has 10 heteroatoms. The van der Waals surface area contributed by atoms with Gasteiger partial charge >= 0.3 is 11.7 Å². The van der Waals surface area contributed by atoms with Gasteiger partial charge in [-0.3, -0.25) is 19.0 Å². The minimum Gasteiger partial charge on any atom is -0.496 e. The van der Waals surface area contributed by atoms with Crippen molar-refractivity contribution in [1.82, 2.24) is 9.13 Å². The molecular formula is C21H23N3O6S. The number of fused-ring (bicyclic) bond motifs is 1. The van der Waals surface area contributed by atoms with Crippen molar-refractivity contribution in [2.45, 2.75) is 33.9 Å². The molecule has 2 aromatic heterocycles. The number of nitrogens with zero attached hydrogens (tertiary/aromatic N) is 2. The maximum absolute atomic E-state index is 13.3. The van der Waals surface area contributed by atoms with Gasteiger partial charge in [0.2, 0.25) is 5.91 Å². The van der Waals surface area contributed by atoms with Crippen molar-refractivity contribution < 1.29 is 19.1 Å². The first-order valence-electron chi connectivity index (χ1n) is 9.60. The normalized spacial score (nSPS) is 10.8. The quantitative estimate of drug-likeness (QED) is 0.558. The largest absolute Gasteiger partial charge is 0.496 e. The highest BCUT2D eigenvalue weighted by Gasteiger charge is 2.22. The average Bonchev–Trinajstić information content (AvgIpc) is 3.04. The molecule has 2 heterocycles. The van der Waals surface area contributed by atoms with E-state index in [1.165, 1.54) is 18.6 Å². The van der Waals surface area contributed by atoms with E-state index in [9.17, 15) is 19.2 Å². The summed E-state index contributed by atoms with van der Waals surface area (Å²) in [5, 5.41) is 3.45. The number of amides is 1. The van der Waals surface area contributed by atoms with Crippen molar-refractivity contribution in [2.24, 2.45) is 0 Å². The summed E-state index contributed by atoms with van der Waals surface area (Å²) < 4.78 is 12.6. The molecule has 0 aliphatic heterocycles. The Morgan fingerprint density at radius 1 is 1.16 bits per heavy atom. The first kappa shape index (κ1) is 22.3. The van der Waals surface area contributed by atoms with E-state index >= 15 is 0 Å². The van der Waals surface area contributed by atoms with E-state index in [0.717, 1.165) is 21.5 Å². The molecule has 0 aliphatic carbocycles. The zero-order valence-corrected chi connectivity index (χ0v) is 18.5. The molecule has 31 heavy (non-hydrogen) atoms. The average molecular weight is 445 g/mol. The number of ether oxygens (including phenoxy) is 2. The molecule has 0 radical (unpaired) electrons. The van der Waals surface area contributed by atoms with E-state index in [1.54, 1.807) is 19.9 Å². The van der Waals surface area contributed by atoms with Crippen LogP contribution in [0.3, 0.4) is 0 Å². The molecule has 1 N–H and O–H groups in total. The van der Waals surface area contributed by atoms with Gasteiger partial charge in [-0.15, -0.1) is 0 Å². The number of benzene rings is 1. The van der Waals surface area contributed by atoms with Crippen molar-refractivity contribution in [3.8, 4) is 5.75 Å². The molecule has 1 aromatic carbocycles. The lowest BCUT2D eigenvalue weighted by Crippen LogP contribution is -2.42. The fourth-order valence-electron chi connectivity index (χ4n) is 3.29. The molecule has 0 saturated heterocycles. The predicted octanol–water partition coefficient (Wildman–Crippen LogP) is 2.11. The second-order valence-electron chi connectivity index (χ2n) is 6.79. The van der Waals surface area contributed by atoms with Crippen LogP contribution in [0, 0.1) is 6.92 Å². The molecule has 0 spiro atoms. The maximum atomic E-state index is 13.3. The summed E-state index contributed by atoms with van der Waals surface area (Å²) in [4.78, 5) is 50.5. The molecule has 0 saturated carbocycles. The third-order valence-electron chi connectivity index (χ3n) is 4.70. The zero-order valence-electron chi connectivity index (χ0n) is 17.7. The van der Waals surface area contributed by atoms with Gasteiger partial charge in [0, 0.05) is 12.5 Å². The number of nitrogens with one attached hydrogen (secondary N) is 1. The summed E-state index contributed by atoms with van der Waals surface area (Å²) in [7, 11) is 1.53. The summed E-state index contributed by atoms with van der Waals surface area (Å²) in [6.07, 6.45) is 0. The van der Waals surface area contributed by atoms with Crippen LogP contribution < -0.4 is 21.3 Å². The standard InChI is InChI=1S/C21H23N3O6S/c1-5-30-16(26)11-23-19(27)17-12(2)18(22-13(3)25)31-20(17)24(21(23)28)10-14-8-6-7-9-15(14)29-4/h6-9H,5,10-11H2,1-4H3,(H,22,25). The van der Waals surface area contributed by atoms with Crippen LogP contribution in [0.25, 0.3) is 10.2 Å². The van der Waals surface area contributed by atoms with E-state index in [4.69, 9.17) is 9.47 Å². The van der Waals surface area contributed by atoms with Crippen LogP contribution in [0.15, 0.2) is 33.9 Å². The molecule has 0 unspecified atom stereocenters. The van der Waals surface area contributed by atoms with Crippen LogP contribution in [-0.4, -0.2) is 34.7 Å². The number of hydrogen-bond donors (Lipinski definition) is 1. The predicted molar refractivity (Wildman–Crippen MR) is 118 cm³/mol. The minimum absolute atomic E-state index is 0.113. The highest BCUT2D eigenvalue weighted by molar-refractivity contribution is 7.22. The van der Waals surface area contributed by atoms with Crippen LogP contribution in [0.4, 0.5) is 5.00 Å². The van der Waals surface area contributed by atoms with Crippen LogP contribution in [0.5, 0.6) is 5.75 Å². The fraction of sp³-hybridized carbons (Fsp3) is 0.333. The Bertz CT molecular complexity index is 1270. The van der Waals surface area contributed by atoms with Crippen molar-refractivity contribution in [2.75, 3.05) is 19.0 Å². The van der Waals surface area contributed by atoms with Gasteiger partial charge in [-0.05, 0) is 25.5 Å². The van der Waals surface area contributed by atoms with Crippen LogP contribution in [0.1, 0.15) is 25.0 Å². The Morgan fingerprint density at radius 3 is 2.52 bits per heavy atom. The molecular weight excluding hydrogens is 422 g/mol. The Kier molecular flexibility index (Phi) is 6.59. The second kappa shape index (κ2) is 9.17. The number of hydrogen-bond acceptors (Lipinski definition) is 7. The van der Waals surface area contributed by atoms with Gasteiger partial charge in [-0.25, -0.2) is 9.36 Å². The molecule has 0 atom stereocenters. The SMILES string of the molecule is CCOC(=O)Cn1c(=O)c2c(C)c(NC(C)=O)sc2n(Cc2ccccc2OC)c1=O. The Morgan fingerprint density at radius 2 is 1.87 bits per heavy atom. The number of carbonyl (C=O) groups is 2. The van der Waals surface area contributed by atoms with Gasteiger partial charge in [0.15, 0.2) is 0 Å². The van der Waals surface area contributed by atoms with Crippen LogP contribution >= 0.6 is 11.3 Å². The Balaban J connectivity index is 2.29. The third kappa shape index (κ3) is 4.38. The molecule has 1 amide bonds. The number of anilines is 1. The van der Waals surface area contributed by atoms with Gasteiger partial charge in [-0.1, -0.05) is 29.5 Å². The number of rotatable bonds is 7. The number of esters is 1. The lowest BCUT2D eigenvalue weighted by atomic mass is 10.2. The number of thiophene rings is 1. The molecule has 3 aromatic rings. The summed E-state index contributed by atoms with van der Waals surface area (Å²) >= 11 is 1.14.